The van der Waals surface area contributed by atoms with Crippen LogP contribution in [0, 0.1) is 11.6 Å². The van der Waals surface area contributed by atoms with Crippen LogP contribution in [-0.4, -0.2) is 9.97 Å². The molecule has 21 heavy (non-hydrogen) atoms. The predicted octanol–water partition coefficient (Wildman–Crippen LogP) is 4.82. The summed E-state index contributed by atoms with van der Waals surface area (Å²) in [5.74, 6) is -2.46. The van der Waals surface area contributed by atoms with Crippen molar-refractivity contribution in [1.82, 2.24) is 9.97 Å². The fraction of sp³-hybridized carbons (Fsp3) is 0.0909. The molecule has 0 saturated carbocycles. The van der Waals surface area contributed by atoms with Crippen molar-refractivity contribution in [3.8, 4) is 0 Å². The maximum absolute atomic E-state index is 13.5. The summed E-state index contributed by atoms with van der Waals surface area (Å²) in [6.07, 6.45) is -4.76. The molecule has 0 atom stereocenters. The summed E-state index contributed by atoms with van der Waals surface area (Å²) < 4.78 is 64.1. The lowest BCUT2D eigenvalue weighted by molar-refractivity contribution is -0.141. The molecule has 112 valence electrons. The minimum Gasteiger partial charge on any atom is -0.336 e. The Morgan fingerprint density at radius 2 is 1.67 bits per heavy atom. The fourth-order valence-electron chi connectivity index (χ4n) is 1.42. The van der Waals surface area contributed by atoms with Gasteiger partial charge in [0.25, 0.3) is 0 Å². The minimum absolute atomic E-state index is 0.365. The Morgan fingerprint density at radius 1 is 1.00 bits per heavy atom. The Morgan fingerprint density at radius 3 is 2.24 bits per heavy atom. The van der Waals surface area contributed by atoms with Gasteiger partial charge in [-0.05, 0) is 17.7 Å². The highest BCUT2D eigenvalue weighted by atomic mass is 35.5. The molecule has 0 spiro atoms. The Hall–Kier alpha value is -1.67. The maximum Gasteiger partial charge on any atom is 0.433 e. The number of rotatable bonds is 2. The highest BCUT2D eigenvalue weighted by molar-refractivity contribution is 6.33. The first-order valence-corrected chi connectivity index (χ1v) is 5.96. The molecule has 0 aliphatic carbocycles. The van der Waals surface area contributed by atoms with Crippen LogP contribution >= 0.6 is 23.2 Å². The van der Waals surface area contributed by atoms with Crippen molar-refractivity contribution in [2.75, 3.05) is 5.32 Å². The third-order valence-corrected chi connectivity index (χ3v) is 2.72. The van der Waals surface area contributed by atoms with Crippen LogP contribution in [0.3, 0.4) is 0 Å². The van der Waals surface area contributed by atoms with Gasteiger partial charge in [-0.2, -0.15) is 13.2 Å². The van der Waals surface area contributed by atoms with E-state index in [1.807, 2.05) is 0 Å². The van der Waals surface area contributed by atoms with Gasteiger partial charge in [0, 0.05) is 12.1 Å². The van der Waals surface area contributed by atoms with Crippen LogP contribution < -0.4 is 5.32 Å². The third-order valence-electron chi connectivity index (χ3n) is 2.25. The maximum atomic E-state index is 13.5. The van der Waals surface area contributed by atoms with Crippen LogP contribution in [0.1, 0.15) is 5.69 Å². The van der Waals surface area contributed by atoms with Gasteiger partial charge in [0.2, 0.25) is 5.28 Å². The molecule has 0 aliphatic heterocycles. The van der Waals surface area contributed by atoms with Crippen LogP contribution in [0.25, 0.3) is 0 Å². The van der Waals surface area contributed by atoms with Gasteiger partial charge in [-0.1, -0.05) is 11.6 Å². The van der Waals surface area contributed by atoms with Gasteiger partial charge in [0.1, 0.15) is 11.6 Å². The molecule has 0 bridgehead atoms. The second-order valence-corrected chi connectivity index (χ2v) is 4.52. The molecular weight excluding hydrogens is 340 g/mol. The molecule has 2 aromatic rings. The summed E-state index contributed by atoms with van der Waals surface area (Å²) in [5.41, 5.74) is -1.75. The van der Waals surface area contributed by atoms with Gasteiger partial charge in [0.15, 0.2) is 11.5 Å². The lowest BCUT2D eigenvalue weighted by Gasteiger charge is -2.11. The van der Waals surface area contributed by atoms with Crippen molar-refractivity contribution in [3.05, 3.63) is 45.8 Å². The van der Waals surface area contributed by atoms with Crippen molar-refractivity contribution in [2.45, 2.75) is 6.18 Å². The Balaban J connectivity index is 2.43. The third kappa shape index (κ3) is 3.70. The number of benzene rings is 1. The SMILES string of the molecule is Fc1cc(F)c(Nc2cc(C(F)(F)F)nc(Cl)n2)c(Cl)c1. The van der Waals surface area contributed by atoms with E-state index < -0.39 is 40.3 Å². The number of halogens is 7. The van der Waals surface area contributed by atoms with E-state index >= 15 is 0 Å². The number of nitrogens with one attached hydrogen (secondary N) is 1. The number of hydrogen-bond donors (Lipinski definition) is 1. The van der Waals surface area contributed by atoms with Crippen LogP contribution in [0.15, 0.2) is 18.2 Å². The van der Waals surface area contributed by atoms with E-state index in [4.69, 9.17) is 23.2 Å². The minimum atomic E-state index is -4.76. The van der Waals surface area contributed by atoms with E-state index in [0.717, 1.165) is 6.07 Å². The number of aromatic nitrogens is 2. The first-order chi connectivity index (χ1) is 9.66. The number of alkyl halides is 3. The van der Waals surface area contributed by atoms with Gasteiger partial charge >= 0.3 is 6.18 Å². The molecule has 1 N–H and O–H groups in total. The lowest BCUT2D eigenvalue weighted by Crippen LogP contribution is -2.10. The zero-order valence-electron chi connectivity index (χ0n) is 9.77. The molecule has 1 aromatic heterocycles. The molecule has 2 rings (SSSR count). The van der Waals surface area contributed by atoms with Crippen molar-refractivity contribution in [1.29, 1.82) is 0 Å². The largest absolute Gasteiger partial charge is 0.433 e. The van der Waals surface area contributed by atoms with Crippen LogP contribution in [0.2, 0.25) is 10.3 Å². The molecule has 0 radical (unpaired) electrons. The highest BCUT2D eigenvalue weighted by Gasteiger charge is 2.33. The fourth-order valence-corrected chi connectivity index (χ4v) is 1.84. The summed E-state index contributed by atoms with van der Waals surface area (Å²) in [7, 11) is 0. The number of anilines is 2. The molecule has 0 amide bonds. The molecule has 3 nitrogen and oxygen atoms in total. The van der Waals surface area contributed by atoms with E-state index in [-0.39, 0.29) is 5.02 Å². The molecule has 1 heterocycles. The Kier molecular flexibility index (Phi) is 4.20. The van der Waals surface area contributed by atoms with E-state index in [1.165, 1.54) is 0 Å². The molecule has 0 saturated heterocycles. The van der Waals surface area contributed by atoms with Crippen LogP contribution in [0.5, 0.6) is 0 Å². The molecule has 1 aromatic carbocycles. The van der Waals surface area contributed by atoms with E-state index in [1.54, 1.807) is 0 Å². The molecule has 10 heteroatoms. The van der Waals surface area contributed by atoms with E-state index in [0.29, 0.717) is 12.1 Å². The predicted molar refractivity (Wildman–Crippen MR) is 66.7 cm³/mol. The Bertz CT molecular complexity index is 667. The van der Waals surface area contributed by atoms with Gasteiger partial charge < -0.3 is 5.32 Å². The second-order valence-electron chi connectivity index (χ2n) is 3.77. The van der Waals surface area contributed by atoms with E-state index in [2.05, 4.69) is 15.3 Å². The summed E-state index contributed by atoms with van der Waals surface area (Å²) in [6, 6.07) is 1.83. The summed E-state index contributed by atoms with van der Waals surface area (Å²) in [6.45, 7) is 0. The second kappa shape index (κ2) is 5.61. The highest BCUT2D eigenvalue weighted by Crippen LogP contribution is 2.32. The summed E-state index contributed by atoms with van der Waals surface area (Å²) in [5, 5.41) is 1.16. The zero-order chi connectivity index (χ0) is 15.8. The topological polar surface area (TPSA) is 37.8 Å². The normalized spacial score (nSPS) is 11.6. The van der Waals surface area contributed by atoms with Crippen molar-refractivity contribution >= 4 is 34.7 Å². The average molecular weight is 344 g/mol. The average Bonchev–Trinajstić information content (AvgIpc) is 2.32. The molecular formula is C11H4Cl2F5N3. The van der Waals surface area contributed by atoms with Crippen LogP contribution in [-0.2, 0) is 6.18 Å². The quantitative estimate of drug-likeness (QED) is 0.627. The first kappa shape index (κ1) is 15.7. The van der Waals surface area contributed by atoms with Gasteiger partial charge in [-0.15, -0.1) is 0 Å². The molecule has 0 unspecified atom stereocenters. The van der Waals surface area contributed by atoms with Crippen molar-refractivity contribution < 1.29 is 22.0 Å². The number of hydrogen-bond acceptors (Lipinski definition) is 3. The van der Waals surface area contributed by atoms with Gasteiger partial charge in [0.05, 0.1) is 10.7 Å². The number of nitrogens with zero attached hydrogens (tertiary/aromatic N) is 2. The zero-order valence-corrected chi connectivity index (χ0v) is 11.3. The van der Waals surface area contributed by atoms with Crippen LogP contribution in [0.4, 0.5) is 33.5 Å². The lowest BCUT2D eigenvalue weighted by atomic mass is 10.3. The van der Waals surface area contributed by atoms with E-state index in [9.17, 15) is 22.0 Å². The van der Waals surface area contributed by atoms with Gasteiger partial charge in [-0.3, -0.25) is 0 Å². The molecule has 0 aliphatic rings. The first-order valence-electron chi connectivity index (χ1n) is 5.20. The standard InChI is InChI=1S/C11H4Cl2F5N3/c12-5-1-4(14)2-6(15)9(5)20-8-3-7(11(16,17)18)19-10(13)21-8/h1-3H,(H,19,20,21). The summed E-state index contributed by atoms with van der Waals surface area (Å²) in [4.78, 5) is 6.48. The van der Waals surface area contributed by atoms with Gasteiger partial charge in [-0.25, -0.2) is 18.7 Å². The summed E-state index contributed by atoms with van der Waals surface area (Å²) >= 11 is 11.0. The van der Waals surface area contributed by atoms with Crippen molar-refractivity contribution in [2.24, 2.45) is 0 Å². The monoisotopic (exact) mass is 343 g/mol. The van der Waals surface area contributed by atoms with Crippen molar-refractivity contribution in [3.63, 3.8) is 0 Å². The molecule has 0 fully saturated rings. The smallest absolute Gasteiger partial charge is 0.336 e. The Labute approximate surface area is 124 Å².